The number of aliphatic hydroxyl groups excluding tert-OH is 2. The Labute approximate surface area is 237 Å². The van der Waals surface area contributed by atoms with Crippen LogP contribution in [0.5, 0.6) is 0 Å². The lowest BCUT2D eigenvalue weighted by atomic mass is 9.49. The lowest BCUT2D eigenvalue weighted by molar-refractivity contribution is -0.134. The molecule has 3 aliphatic carbocycles. The third kappa shape index (κ3) is 6.59. The van der Waals surface area contributed by atoms with Crippen LogP contribution in [0.4, 0.5) is 4.79 Å². The van der Waals surface area contributed by atoms with E-state index in [9.17, 15) is 19.8 Å². The Morgan fingerprint density at radius 2 is 1.74 bits per heavy atom. The molecule has 0 aromatic rings. The Morgan fingerprint density at radius 1 is 1.10 bits per heavy atom. The van der Waals surface area contributed by atoms with Gasteiger partial charge in [0.15, 0.2) is 14.1 Å². The molecule has 3 fully saturated rings. The molecule has 0 saturated heterocycles. The summed E-state index contributed by atoms with van der Waals surface area (Å²) < 4.78 is 12.3. The van der Waals surface area contributed by atoms with Crippen LogP contribution in [0.15, 0.2) is 11.8 Å². The zero-order chi connectivity index (χ0) is 29.6. The molecule has 3 rings (SSSR count). The molecule has 0 spiro atoms. The predicted octanol–water partition coefficient (Wildman–Crippen LogP) is 6.76. The Morgan fingerprint density at radius 3 is 2.31 bits per heavy atom. The van der Waals surface area contributed by atoms with E-state index in [0.29, 0.717) is 31.6 Å². The van der Waals surface area contributed by atoms with Crippen molar-refractivity contribution in [3.8, 4) is 0 Å². The lowest BCUT2D eigenvalue weighted by Crippen LogP contribution is -2.55. The van der Waals surface area contributed by atoms with Gasteiger partial charge in [-0.2, -0.15) is 0 Å². The summed E-state index contributed by atoms with van der Waals surface area (Å²) in [5, 5.41) is 23.8. The standard InChI is InChI=1S/C31H55NO6Si/c1-28(2,3)38-27(36)32-17-23-24(12-14-31(8)25(23)15-20(18-33)26(31)35)30(7)13-11-22(34)16-21(30)19-37-39(9,10)29(4,5)6/h18,21-25,33-34H,11-17,19H2,1-10H3,(H,32,36)/b20-18-/t21-,22+,23-,24+,25+,30+,31+/m1/s1. The summed E-state index contributed by atoms with van der Waals surface area (Å²) in [5.74, 6) is 0.504. The number of ether oxygens (including phenoxy) is 1. The summed E-state index contributed by atoms with van der Waals surface area (Å²) in [6, 6.07) is 0. The van der Waals surface area contributed by atoms with Crippen LogP contribution in [0.3, 0.4) is 0 Å². The van der Waals surface area contributed by atoms with Gasteiger partial charge >= 0.3 is 6.09 Å². The van der Waals surface area contributed by atoms with Crippen molar-refractivity contribution in [3.63, 3.8) is 0 Å². The van der Waals surface area contributed by atoms with Crippen LogP contribution in [0.25, 0.3) is 0 Å². The molecular formula is C31H55NO6Si. The third-order valence-electron chi connectivity index (χ3n) is 10.9. The van der Waals surface area contributed by atoms with E-state index in [1.54, 1.807) is 0 Å². The first kappa shape index (κ1) is 32.1. The Kier molecular flexibility index (Phi) is 9.17. The van der Waals surface area contributed by atoms with Crippen LogP contribution >= 0.6 is 0 Å². The second-order valence-electron chi connectivity index (χ2n) is 15.6. The molecule has 3 aliphatic rings. The van der Waals surface area contributed by atoms with E-state index in [4.69, 9.17) is 9.16 Å². The van der Waals surface area contributed by atoms with E-state index < -0.39 is 25.4 Å². The molecular weight excluding hydrogens is 510 g/mol. The predicted molar refractivity (Wildman–Crippen MR) is 157 cm³/mol. The average Bonchev–Trinajstić information content (AvgIpc) is 3.06. The maximum atomic E-state index is 13.4. The van der Waals surface area contributed by atoms with E-state index in [0.717, 1.165) is 31.9 Å². The lowest BCUT2D eigenvalue weighted by Gasteiger charge is -2.56. The fourth-order valence-corrected chi connectivity index (χ4v) is 8.41. The quantitative estimate of drug-likeness (QED) is 0.187. The third-order valence-corrected chi connectivity index (χ3v) is 15.4. The number of alkyl carbamates (subject to hydrolysis) is 1. The van der Waals surface area contributed by atoms with Crippen LogP contribution in [-0.4, -0.2) is 55.3 Å². The average molecular weight is 566 g/mol. The molecule has 0 aromatic heterocycles. The first-order chi connectivity index (χ1) is 17.7. The number of Topliss-reactive ketones (excluding diaryl/α,β-unsaturated/α-hetero) is 1. The van der Waals surface area contributed by atoms with Crippen LogP contribution in [-0.2, 0) is 14.0 Å². The van der Waals surface area contributed by atoms with Gasteiger partial charge in [-0.1, -0.05) is 34.6 Å². The first-order valence-corrected chi connectivity index (χ1v) is 17.8. The molecule has 3 N–H and O–H groups in total. The molecule has 0 bridgehead atoms. The maximum absolute atomic E-state index is 13.4. The largest absolute Gasteiger partial charge is 0.515 e. The second-order valence-corrected chi connectivity index (χ2v) is 20.4. The number of ketones is 1. The Hall–Kier alpha value is -1.38. The Balaban J connectivity index is 1.94. The molecule has 0 heterocycles. The molecule has 0 radical (unpaired) electrons. The normalized spacial score (nSPS) is 37.1. The molecule has 3 saturated carbocycles. The van der Waals surface area contributed by atoms with Crippen molar-refractivity contribution in [2.45, 2.75) is 124 Å². The van der Waals surface area contributed by atoms with Crippen molar-refractivity contribution in [3.05, 3.63) is 11.8 Å². The summed E-state index contributed by atoms with van der Waals surface area (Å²) >= 11 is 0. The number of aliphatic hydroxyl groups is 2. The fraction of sp³-hybridized carbons (Fsp3) is 0.871. The minimum absolute atomic E-state index is 0.0164. The Bertz CT molecular complexity index is 950. The van der Waals surface area contributed by atoms with Gasteiger partial charge in [-0.3, -0.25) is 4.79 Å². The highest BCUT2D eigenvalue weighted by Gasteiger charge is 2.60. The monoisotopic (exact) mass is 565 g/mol. The topological polar surface area (TPSA) is 105 Å². The fourth-order valence-electron chi connectivity index (χ4n) is 7.36. The summed E-state index contributed by atoms with van der Waals surface area (Å²) in [5.41, 5.74) is -0.772. The summed E-state index contributed by atoms with van der Waals surface area (Å²) in [7, 11) is -1.98. The molecule has 0 unspecified atom stereocenters. The number of nitrogens with one attached hydrogen (secondary N) is 1. The summed E-state index contributed by atoms with van der Waals surface area (Å²) in [4.78, 5) is 26.1. The van der Waals surface area contributed by atoms with Gasteiger partial charge in [0.05, 0.1) is 12.4 Å². The number of rotatable bonds is 6. The van der Waals surface area contributed by atoms with Crippen LogP contribution in [0, 0.1) is 34.5 Å². The summed E-state index contributed by atoms with van der Waals surface area (Å²) in [6.45, 7) is 22.3. The molecule has 7 atom stereocenters. The molecule has 0 aliphatic heterocycles. The highest BCUT2D eigenvalue weighted by molar-refractivity contribution is 6.74. The van der Waals surface area contributed by atoms with Gasteiger partial charge in [0.2, 0.25) is 0 Å². The van der Waals surface area contributed by atoms with Crippen molar-refractivity contribution in [2.75, 3.05) is 13.2 Å². The first-order valence-electron chi connectivity index (χ1n) is 14.9. The second kappa shape index (κ2) is 11.1. The SMILES string of the molecule is CC(C)(C)OC(=O)NC[C@@H]1[C@@H]([C@@]2(C)CC[C@H](O)C[C@@H]2CO[Si](C)(C)C(C)(C)C)CC[C@]2(C)C(=O)/C(=C\O)C[C@@H]12. The van der Waals surface area contributed by atoms with Crippen LogP contribution in [0.1, 0.15) is 93.9 Å². The zero-order valence-corrected chi connectivity index (χ0v) is 27.1. The highest BCUT2D eigenvalue weighted by atomic mass is 28.4. The van der Waals surface area contributed by atoms with Crippen LogP contribution in [0.2, 0.25) is 18.1 Å². The van der Waals surface area contributed by atoms with Crippen molar-refractivity contribution in [1.82, 2.24) is 5.32 Å². The molecule has 224 valence electrons. The van der Waals surface area contributed by atoms with Gasteiger partial charge < -0.3 is 24.7 Å². The highest BCUT2D eigenvalue weighted by Crippen LogP contribution is 2.62. The molecule has 8 heteroatoms. The zero-order valence-electron chi connectivity index (χ0n) is 26.1. The van der Waals surface area contributed by atoms with Crippen molar-refractivity contribution in [1.29, 1.82) is 0 Å². The number of carbonyl (C=O) groups excluding carboxylic acids is 2. The van der Waals surface area contributed by atoms with E-state index in [1.807, 2.05) is 27.7 Å². The molecule has 0 aromatic carbocycles. The number of allylic oxidation sites excluding steroid dienone is 1. The van der Waals surface area contributed by atoms with Gasteiger partial charge in [-0.15, -0.1) is 0 Å². The van der Waals surface area contributed by atoms with Gasteiger partial charge in [-0.25, -0.2) is 4.79 Å². The molecule has 39 heavy (non-hydrogen) atoms. The van der Waals surface area contributed by atoms with E-state index in [-0.39, 0.29) is 46.0 Å². The number of carbonyl (C=O) groups is 2. The molecule has 7 nitrogen and oxygen atoms in total. The molecule has 1 amide bonds. The van der Waals surface area contributed by atoms with Gasteiger partial charge in [0, 0.05) is 24.1 Å². The number of hydrogen-bond acceptors (Lipinski definition) is 6. The number of amides is 1. The van der Waals surface area contributed by atoms with Crippen molar-refractivity contribution < 1.29 is 29.0 Å². The minimum Gasteiger partial charge on any atom is -0.515 e. The minimum atomic E-state index is -1.98. The van der Waals surface area contributed by atoms with E-state index >= 15 is 0 Å². The van der Waals surface area contributed by atoms with E-state index in [1.165, 1.54) is 0 Å². The number of fused-ring (bicyclic) bond motifs is 1. The maximum Gasteiger partial charge on any atom is 0.407 e. The smallest absolute Gasteiger partial charge is 0.407 e. The van der Waals surface area contributed by atoms with Gasteiger partial charge in [0.25, 0.3) is 0 Å². The number of hydrogen-bond donors (Lipinski definition) is 3. The van der Waals surface area contributed by atoms with Crippen molar-refractivity contribution >= 4 is 20.2 Å². The van der Waals surface area contributed by atoms with E-state index in [2.05, 4.69) is 46.1 Å². The van der Waals surface area contributed by atoms with Crippen LogP contribution < -0.4 is 5.32 Å². The van der Waals surface area contributed by atoms with Crippen molar-refractivity contribution in [2.24, 2.45) is 34.5 Å². The van der Waals surface area contributed by atoms with Gasteiger partial charge in [-0.05, 0) is 107 Å². The van der Waals surface area contributed by atoms with Gasteiger partial charge in [0.1, 0.15) is 5.60 Å². The summed E-state index contributed by atoms with van der Waals surface area (Å²) in [6.07, 6.45) is 4.69.